The fourth-order valence-corrected chi connectivity index (χ4v) is 4.13. The third kappa shape index (κ3) is 6.36. The molecule has 0 saturated heterocycles. The fourth-order valence-electron chi connectivity index (χ4n) is 3.37. The van der Waals surface area contributed by atoms with Crippen molar-refractivity contribution >= 4 is 8.03 Å². The van der Waals surface area contributed by atoms with Crippen LogP contribution in [0.1, 0.15) is 75.2 Å². The topological polar surface area (TPSA) is 37.3 Å². The molecule has 0 aliphatic carbocycles. The fraction of sp³-hybridized carbons (Fsp3) is 1.00. The van der Waals surface area contributed by atoms with Gasteiger partial charge in [0, 0.05) is 5.92 Å². The van der Waals surface area contributed by atoms with Crippen molar-refractivity contribution < 1.29 is 9.46 Å². The minimum absolute atomic E-state index is 0.0450. The smallest absolute Gasteiger partial charge is 0.160 e. The van der Waals surface area contributed by atoms with E-state index in [1.165, 1.54) is 0 Å². The van der Waals surface area contributed by atoms with E-state index in [4.69, 9.17) is 0 Å². The molecular formula is C16H34O2P+. The van der Waals surface area contributed by atoms with E-state index in [0.29, 0.717) is 11.3 Å². The lowest BCUT2D eigenvalue weighted by molar-refractivity contribution is 0.138. The molecule has 0 bridgehead atoms. The van der Waals surface area contributed by atoms with Crippen molar-refractivity contribution in [3.63, 3.8) is 0 Å². The van der Waals surface area contributed by atoms with Crippen molar-refractivity contribution in [3.05, 3.63) is 0 Å². The largest absolute Gasteiger partial charge is 0.511 e. The number of hydrogen-bond donors (Lipinski definition) is 1. The average Bonchev–Trinajstić information content (AvgIpc) is 2.08. The van der Waals surface area contributed by atoms with Crippen LogP contribution >= 0.6 is 8.03 Å². The maximum absolute atomic E-state index is 11.7. The van der Waals surface area contributed by atoms with Crippen molar-refractivity contribution in [1.29, 1.82) is 0 Å². The Morgan fingerprint density at radius 3 is 1.68 bits per heavy atom. The SMILES string of the molecule is CC(CC(C(C)(C)C)C(C)(C)[P+](=O)O)CC(C)(C)C. The van der Waals surface area contributed by atoms with Crippen molar-refractivity contribution in [1.82, 2.24) is 0 Å². The Morgan fingerprint density at radius 1 is 1.00 bits per heavy atom. The van der Waals surface area contributed by atoms with Crippen LogP contribution in [0.4, 0.5) is 0 Å². The summed E-state index contributed by atoms with van der Waals surface area (Å²) in [5, 5.41) is -0.528. The van der Waals surface area contributed by atoms with Crippen LogP contribution in [0.5, 0.6) is 0 Å². The molecule has 1 N–H and O–H groups in total. The molecule has 3 unspecified atom stereocenters. The van der Waals surface area contributed by atoms with Crippen molar-refractivity contribution in [2.75, 3.05) is 0 Å². The highest BCUT2D eigenvalue weighted by atomic mass is 31.1. The molecule has 0 aromatic heterocycles. The van der Waals surface area contributed by atoms with E-state index in [2.05, 4.69) is 48.5 Å². The van der Waals surface area contributed by atoms with E-state index in [9.17, 15) is 9.46 Å². The quantitative estimate of drug-likeness (QED) is 0.666. The van der Waals surface area contributed by atoms with Crippen LogP contribution in [0.3, 0.4) is 0 Å². The summed E-state index contributed by atoms with van der Waals surface area (Å²) in [7, 11) is -2.16. The van der Waals surface area contributed by atoms with Crippen LogP contribution in [0.25, 0.3) is 0 Å². The zero-order valence-electron chi connectivity index (χ0n) is 14.4. The zero-order valence-corrected chi connectivity index (χ0v) is 15.3. The minimum Gasteiger partial charge on any atom is -0.160 e. The maximum atomic E-state index is 11.7. The highest BCUT2D eigenvalue weighted by Gasteiger charge is 2.51. The predicted octanol–water partition coefficient (Wildman–Crippen LogP) is 5.62. The van der Waals surface area contributed by atoms with Gasteiger partial charge in [-0.3, -0.25) is 0 Å². The first-order valence-corrected chi connectivity index (χ1v) is 8.55. The lowest BCUT2D eigenvalue weighted by Gasteiger charge is -2.38. The molecule has 0 aliphatic heterocycles. The summed E-state index contributed by atoms with van der Waals surface area (Å²) in [6.07, 6.45) is 2.16. The van der Waals surface area contributed by atoms with E-state index in [1.54, 1.807) is 0 Å². The predicted molar refractivity (Wildman–Crippen MR) is 84.7 cm³/mol. The van der Waals surface area contributed by atoms with Gasteiger partial charge in [0.05, 0.1) is 0 Å². The van der Waals surface area contributed by atoms with Gasteiger partial charge in [-0.2, -0.15) is 4.89 Å². The Kier molecular flexibility index (Phi) is 6.24. The second-order valence-electron chi connectivity index (χ2n) is 8.95. The van der Waals surface area contributed by atoms with Crippen LogP contribution in [-0.2, 0) is 4.57 Å². The maximum Gasteiger partial charge on any atom is 0.511 e. The molecular weight excluding hydrogens is 255 g/mol. The van der Waals surface area contributed by atoms with Crippen molar-refractivity contribution in [3.8, 4) is 0 Å². The van der Waals surface area contributed by atoms with Crippen molar-refractivity contribution in [2.24, 2.45) is 22.7 Å². The molecule has 3 heteroatoms. The van der Waals surface area contributed by atoms with E-state index < -0.39 is 13.2 Å². The summed E-state index contributed by atoms with van der Waals surface area (Å²) in [4.78, 5) is 9.67. The van der Waals surface area contributed by atoms with E-state index >= 15 is 0 Å². The van der Waals surface area contributed by atoms with Gasteiger partial charge in [-0.1, -0.05) is 48.5 Å². The van der Waals surface area contributed by atoms with Crippen LogP contribution < -0.4 is 0 Å². The second-order valence-corrected chi connectivity index (χ2v) is 10.6. The number of hydrogen-bond acceptors (Lipinski definition) is 1. The molecule has 0 radical (unpaired) electrons. The van der Waals surface area contributed by atoms with Gasteiger partial charge in [0.2, 0.25) is 0 Å². The summed E-state index contributed by atoms with van der Waals surface area (Å²) in [6.45, 7) is 19.5. The Labute approximate surface area is 121 Å². The summed E-state index contributed by atoms with van der Waals surface area (Å²) in [5.74, 6) is 0.810. The zero-order chi connectivity index (χ0) is 15.6. The third-order valence-electron chi connectivity index (χ3n) is 3.99. The molecule has 114 valence electrons. The summed E-state index contributed by atoms with van der Waals surface area (Å²) in [6, 6.07) is 0. The molecule has 2 nitrogen and oxygen atoms in total. The molecule has 0 rings (SSSR count). The van der Waals surface area contributed by atoms with Gasteiger partial charge in [-0.25, -0.2) is 0 Å². The molecule has 0 aromatic carbocycles. The minimum atomic E-state index is -2.16. The molecule has 0 aliphatic rings. The van der Waals surface area contributed by atoms with E-state index in [0.717, 1.165) is 12.8 Å². The van der Waals surface area contributed by atoms with Gasteiger partial charge in [0.25, 0.3) is 0 Å². The van der Waals surface area contributed by atoms with Crippen LogP contribution in [0, 0.1) is 22.7 Å². The first-order chi connectivity index (χ1) is 8.18. The van der Waals surface area contributed by atoms with Gasteiger partial charge in [-0.15, -0.1) is 0 Å². The Bertz CT molecular complexity index is 308. The Balaban J connectivity index is 5.07. The lowest BCUT2D eigenvalue weighted by atomic mass is 9.68. The molecule has 0 amide bonds. The van der Waals surface area contributed by atoms with E-state index in [-0.39, 0.29) is 11.3 Å². The molecule has 0 fully saturated rings. The highest BCUT2D eigenvalue weighted by Crippen LogP contribution is 2.51. The van der Waals surface area contributed by atoms with Gasteiger partial charge < -0.3 is 0 Å². The first-order valence-electron chi connectivity index (χ1n) is 7.34. The van der Waals surface area contributed by atoms with Gasteiger partial charge in [0.1, 0.15) is 0 Å². The molecule has 0 aromatic rings. The molecule has 0 spiro atoms. The van der Waals surface area contributed by atoms with Gasteiger partial charge >= 0.3 is 8.03 Å². The van der Waals surface area contributed by atoms with Gasteiger partial charge in [-0.05, 0) is 48.0 Å². The highest BCUT2D eigenvalue weighted by molar-refractivity contribution is 7.40. The summed E-state index contributed by atoms with van der Waals surface area (Å²) < 4.78 is 11.7. The Hall–Kier alpha value is 0.0600. The van der Waals surface area contributed by atoms with Crippen molar-refractivity contribution in [2.45, 2.75) is 80.3 Å². The standard InChI is InChI=1S/C16H33O2P/c1-12(11-14(2,3)4)10-13(15(5,6)7)16(8,9)19(17)18/h12-13H,10-11H2,1-9H3/p+1. The van der Waals surface area contributed by atoms with Gasteiger partial charge in [0.15, 0.2) is 5.16 Å². The summed E-state index contributed by atoms with van der Waals surface area (Å²) in [5.41, 5.74) is 0.358. The molecule has 0 heterocycles. The third-order valence-corrected chi connectivity index (χ3v) is 5.29. The van der Waals surface area contributed by atoms with E-state index in [1.807, 2.05) is 13.8 Å². The summed E-state index contributed by atoms with van der Waals surface area (Å²) >= 11 is 0. The normalized spacial score (nSPS) is 18.1. The number of rotatable bonds is 5. The second kappa shape index (κ2) is 6.22. The van der Waals surface area contributed by atoms with Crippen LogP contribution in [0.15, 0.2) is 0 Å². The monoisotopic (exact) mass is 289 g/mol. The van der Waals surface area contributed by atoms with Crippen LogP contribution in [-0.4, -0.2) is 10.0 Å². The molecule has 0 saturated carbocycles. The van der Waals surface area contributed by atoms with Crippen LogP contribution in [0.2, 0.25) is 0 Å². The first kappa shape index (κ1) is 19.1. The molecule has 19 heavy (non-hydrogen) atoms. The Morgan fingerprint density at radius 2 is 1.42 bits per heavy atom. The molecule has 3 atom stereocenters. The average molecular weight is 289 g/mol. The lowest BCUT2D eigenvalue weighted by Crippen LogP contribution is -2.38.